The fourth-order valence-electron chi connectivity index (χ4n) is 1.72. The largest absolute Gasteiger partial charge is 0.368 e. The summed E-state index contributed by atoms with van der Waals surface area (Å²) < 4.78 is 0. The van der Waals surface area contributed by atoms with Crippen molar-refractivity contribution >= 4 is 23.4 Å². The summed E-state index contributed by atoms with van der Waals surface area (Å²) in [6, 6.07) is 0. The summed E-state index contributed by atoms with van der Waals surface area (Å²) in [5.41, 5.74) is 5.52. The average Bonchev–Trinajstić information content (AvgIpc) is 2.56. The molecule has 0 aromatic carbocycles. The minimum Gasteiger partial charge on any atom is -0.368 e. The first-order chi connectivity index (χ1) is 6.66. The number of nitrogens with two attached hydrogens (primary N) is 1. The van der Waals surface area contributed by atoms with Crippen molar-refractivity contribution in [1.82, 2.24) is 9.97 Å². The van der Waals surface area contributed by atoms with Gasteiger partial charge in [0.05, 0.1) is 6.20 Å². The lowest BCUT2D eigenvalue weighted by atomic mass is 10.2. The molecule has 14 heavy (non-hydrogen) atoms. The van der Waals surface area contributed by atoms with E-state index in [0.717, 1.165) is 18.9 Å². The molecule has 1 aliphatic heterocycles. The highest BCUT2D eigenvalue weighted by molar-refractivity contribution is 6.32. The van der Waals surface area contributed by atoms with Gasteiger partial charge in [-0.3, -0.25) is 0 Å². The second kappa shape index (κ2) is 3.61. The Morgan fingerprint density at radius 1 is 1.64 bits per heavy atom. The summed E-state index contributed by atoms with van der Waals surface area (Å²) >= 11 is 6.00. The van der Waals surface area contributed by atoms with Gasteiger partial charge >= 0.3 is 0 Å². The first kappa shape index (κ1) is 9.52. The quantitative estimate of drug-likeness (QED) is 0.768. The Labute approximate surface area is 88.1 Å². The van der Waals surface area contributed by atoms with Crippen LogP contribution in [0.3, 0.4) is 0 Å². The van der Waals surface area contributed by atoms with Gasteiger partial charge in [0.1, 0.15) is 5.02 Å². The van der Waals surface area contributed by atoms with E-state index in [1.807, 2.05) is 0 Å². The van der Waals surface area contributed by atoms with Crippen LogP contribution < -0.4 is 10.6 Å². The van der Waals surface area contributed by atoms with Crippen LogP contribution in [0, 0.1) is 5.92 Å². The lowest BCUT2D eigenvalue weighted by Gasteiger charge is -2.17. The van der Waals surface area contributed by atoms with E-state index in [9.17, 15) is 0 Å². The molecule has 1 aromatic rings. The third-order valence-electron chi connectivity index (χ3n) is 2.47. The van der Waals surface area contributed by atoms with E-state index in [1.165, 1.54) is 6.42 Å². The van der Waals surface area contributed by atoms with Gasteiger partial charge < -0.3 is 10.6 Å². The number of hydrogen-bond acceptors (Lipinski definition) is 4. The van der Waals surface area contributed by atoms with Crippen LogP contribution in [-0.2, 0) is 0 Å². The molecule has 4 nitrogen and oxygen atoms in total. The van der Waals surface area contributed by atoms with Crippen LogP contribution >= 0.6 is 11.6 Å². The first-order valence-electron chi connectivity index (χ1n) is 4.70. The Kier molecular flexibility index (Phi) is 2.46. The summed E-state index contributed by atoms with van der Waals surface area (Å²) in [6.07, 6.45) is 2.74. The molecule has 0 spiro atoms. The summed E-state index contributed by atoms with van der Waals surface area (Å²) in [4.78, 5) is 10.1. The molecule has 76 valence electrons. The number of aromatic nitrogens is 2. The molecule has 0 aliphatic carbocycles. The van der Waals surface area contributed by atoms with Crippen molar-refractivity contribution < 1.29 is 0 Å². The summed E-state index contributed by atoms with van der Waals surface area (Å²) in [7, 11) is 0. The molecule has 2 heterocycles. The van der Waals surface area contributed by atoms with E-state index in [-0.39, 0.29) is 5.95 Å². The van der Waals surface area contributed by atoms with Crippen LogP contribution in [0.15, 0.2) is 6.20 Å². The number of nitrogens with zero attached hydrogens (tertiary/aromatic N) is 3. The maximum Gasteiger partial charge on any atom is 0.222 e. The van der Waals surface area contributed by atoms with Crippen LogP contribution in [0.4, 0.5) is 11.8 Å². The number of anilines is 2. The zero-order valence-corrected chi connectivity index (χ0v) is 8.83. The topological polar surface area (TPSA) is 55.0 Å². The van der Waals surface area contributed by atoms with Gasteiger partial charge in [-0.15, -0.1) is 0 Å². The second-order valence-electron chi connectivity index (χ2n) is 3.74. The first-order valence-corrected chi connectivity index (χ1v) is 5.07. The number of halogens is 1. The third-order valence-corrected chi connectivity index (χ3v) is 2.73. The van der Waals surface area contributed by atoms with Crippen LogP contribution in [-0.4, -0.2) is 23.1 Å². The van der Waals surface area contributed by atoms with Crippen molar-refractivity contribution in [2.24, 2.45) is 5.92 Å². The number of nitrogen functional groups attached to an aromatic ring is 1. The van der Waals surface area contributed by atoms with Crippen LogP contribution in [0.5, 0.6) is 0 Å². The summed E-state index contributed by atoms with van der Waals surface area (Å²) in [5, 5.41) is 0.577. The van der Waals surface area contributed by atoms with Gasteiger partial charge in [0.2, 0.25) is 5.95 Å². The van der Waals surface area contributed by atoms with Gasteiger partial charge in [-0.05, 0) is 12.3 Å². The van der Waals surface area contributed by atoms with E-state index < -0.39 is 0 Å². The predicted molar refractivity (Wildman–Crippen MR) is 57.4 cm³/mol. The van der Waals surface area contributed by atoms with Crippen molar-refractivity contribution in [3.63, 3.8) is 0 Å². The molecule has 0 saturated carbocycles. The highest BCUT2D eigenvalue weighted by Gasteiger charge is 2.22. The van der Waals surface area contributed by atoms with Crippen LogP contribution in [0.25, 0.3) is 0 Å². The van der Waals surface area contributed by atoms with Gasteiger partial charge in [-0.25, -0.2) is 4.98 Å². The fraction of sp³-hybridized carbons (Fsp3) is 0.556. The molecule has 1 aromatic heterocycles. The fourth-order valence-corrected chi connectivity index (χ4v) is 1.93. The molecular weight excluding hydrogens is 200 g/mol. The third kappa shape index (κ3) is 1.75. The van der Waals surface area contributed by atoms with E-state index in [2.05, 4.69) is 21.8 Å². The van der Waals surface area contributed by atoms with E-state index in [1.54, 1.807) is 6.20 Å². The zero-order chi connectivity index (χ0) is 10.1. The molecule has 2 N–H and O–H groups in total. The van der Waals surface area contributed by atoms with Crippen molar-refractivity contribution in [3.05, 3.63) is 11.2 Å². The SMILES string of the molecule is CC1CCN(c2nc(N)ncc2Cl)C1. The van der Waals surface area contributed by atoms with Crippen molar-refractivity contribution in [3.8, 4) is 0 Å². The average molecular weight is 213 g/mol. The lowest BCUT2D eigenvalue weighted by molar-refractivity contribution is 0.659. The standard InChI is InChI=1S/C9H13ClN4/c1-6-2-3-14(5-6)8-7(10)4-12-9(11)13-8/h4,6H,2-3,5H2,1H3,(H2,11,12,13). The Bertz CT molecular complexity index is 342. The Balaban J connectivity index is 2.27. The van der Waals surface area contributed by atoms with Gasteiger partial charge in [0.25, 0.3) is 0 Å². The molecule has 2 rings (SSSR count). The molecule has 0 bridgehead atoms. The van der Waals surface area contributed by atoms with Crippen molar-refractivity contribution in [2.75, 3.05) is 23.7 Å². The second-order valence-corrected chi connectivity index (χ2v) is 4.15. The molecule has 0 amide bonds. The molecule has 1 saturated heterocycles. The normalized spacial score (nSPS) is 21.6. The summed E-state index contributed by atoms with van der Waals surface area (Å²) in [6.45, 7) is 4.21. The smallest absolute Gasteiger partial charge is 0.222 e. The van der Waals surface area contributed by atoms with Crippen LogP contribution in [0.1, 0.15) is 13.3 Å². The van der Waals surface area contributed by atoms with Gasteiger partial charge in [0, 0.05) is 13.1 Å². The highest BCUT2D eigenvalue weighted by Crippen LogP contribution is 2.27. The van der Waals surface area contributed by atoms with Crippen LogP contribution in [0.2, 0.25) is 5.02 Å². The highest BCUT2D eigenvalue weighted by atomic mass is 35.5. The molecule has 1 atom stereocenters. The molecule has 5 heteroatoms. The number of rotatable bonds is 1. The maximum absolute atomic E-state index is 6.00. The van der Waals surface area contributed by atoms with Gasteiger partial charge in [0.15, 0.2) is 5.82 Å². The molecule has 1 aliphatic rings. The lowest BCUT2D eigenvalue weighted by Crippen LogP contribution is -2.21. The maximum atomic E-state index is 6.00. The number of hydrogen-bond donors (Lipinski definition) is 1. The molecule has 1 unspecified atom stereocenters. The predicted octanol–water partition coefficient (Wildman–Crippen LogP) is 1.56. The van der Waals surface area contributed by atoms with E-state index in [4.69, 9.17) is 17.3 Å². The Hall–Kier alpha value is -1.03. The molecule has 1 fully saturated rings. The van der Waals surface area contributed by atoms with Crippen molar-refractivity contribution in [1.29, 1.82) is 0 Å². The summed E-state index contributed by atoms with van der Waals surface area (Å²) in [5.74, 6) is 1.75. The zero-order valence-electron chi connectivity index (χ0n) is 8.07. The van der Waals surface area contributed by atoms with E-state index in [0.29, 0.717) is 10.9 Å². The molecule has 0 radical (unpaired) electrons. The Morgan fingerprint density at radius 2 is 2.43 bits per heavy atom. The molecular formula is C9H13ClN4. The van der Waals surface area contributed by atoms with Crippen molar-refractivity contribution in [2.45, 2.75) is 13.3 Å². The minimum atomic E-state index is 0.281. The minimum absolute atomic E-state index is 0.281. The van der Waals surface area contributed by atoms with Gasteiger partial charge in [-0.2, -0.15) is 4.98 Å². The van der Waals surface area contributed by atoms with E-state index >= 15 is 0 Å². The van der Waals surface area contributed by atoms with Gasteiger partial charge in [-0.1, -0.05) is 18.5 Å². The monoisotopic (exact) mass is 212 g/mol. The Morgan fingerprint density at radius 3 is 3.07 bits per heavy atom.